The highest BCUT2D eigenvalue weighted by Crippen LogP contribution is 2.33. The van der Waals surface area contributed by atoms with Crippen LogP contribution >= 0.6 is 0 Å². The third kappa shape index (κ3) is 3.04. The van der Waals surface area contributed by atoms with E-state index in [1.807, 2.05) is 6.92 Å². The Morgan fingerprint density at radius 1 is 1.23 bits per heavy atom. The SMILES string of the molecule is COc1cc(F)c(S(=O)(=O)N2CC(C)NCC2C)cc1OC. The molecule has 0 aromatic heterocycles. The molecule has 0 saturated carbocycles. The van der Waals surface area contributed by atoms with Gasteiger partial charge in [0, 0.05) is 37.3 Å². The lowest BCUT2D eigenvalue weighted by molar-refractivity contribution is 0.244. The van der Waals surface area contributed by atoms with Crippen LogP contribution in [0.25, 0.3) is 0 Å². The fourth-order valence-electron chi connectivity index (χ4n) is 2.48. The van der Waals surface area contributed by atoms with Crippen LogP contribution in [0.15, 0.2) is 17.0 Å². The number of rotatable bonds is 4. The number of methoxy groups -OCH3 is 2. The standard InChI is InChI=1S/C14H21FN2O4S/c1-9-8-17(10(2)7-16-9)22(18,19)14-6-13(21-4)12(20-3)5-11(14)15/h5-6,9-10,16H,7-8H2,1-4H3. The summed E-state index contributed by atoms with van der Waals surface area (Å²) in [6, 6.07) is 1.95. The molecule has 1 aromatic carbocycles. The summed E-state index contributed by atoms with van der Waals surface area (Å²) >= 11 is 0. The topological polar surface area (TPSA) is 67.9 Å². The second-order valence-electron chi connectivity index (χ2n) is 5.37. The quantitative estimate of drug-likeness (QED) is 0.898. The van der Waals surface area contributed by atoms with Crippen LogP contribution in [-0.2, 0) is 10.0 Å². The molecular weight excluding hydrogens is 311 g/mol. The summed E-state index contributed by atoms with van der Waals surface area (Å²) in [6.07, 6.45) is 0. The minimum atomic E-state index is -3.95. The second kappa shape index (κ2) is 6.39. The van der Waals surface area contributed by atoms with Crippen LogP contribution in [0.1, 0.15) is 13.8 Å². The van der Waals surface area contributed by atoms with E-state index in [9.17, 15) is 12.8 Å². The molecule has 1 aliphatic heterocycles. The maximum absolute atomic E-state index is 14.3. The molecule has 1 aliphatic rings. The van der Waals surface area contributed by atoms with E-state index in [0.717, 1.165) is 6.07 Å². The first-order chi connectivity index (χ1) is 10.3. The number of ether oxygens (including phenoxy) is 2. The van der Waals surface area contributed by atoms with E-state index in [4.69, 9.17) is 9.47 Å². The van der Waals surface area contributed by atoms with Gasteiger partial charge in [-0.1, -0.05) is 0 Å². The summed E-state index contributed by atoms with van der Waals surface area (Å²) in [7, 11) is -1.21. The average Bonchev–Trinajstić information content (AvgIpc) is 2.48. The molecule has 1 fully saturated rings. The Bertz CT molecular complexity index is 650. The van der Waals surface area contributed by atoms with E-state index < -0.39 is 20.7 Å². The minimum Gasteiger partial charge on any atom is -0.493 e. The van der Waals surface area contributed by atoms with Crippen molar-refractivity contribution in [3.63, 3.8) is 0 Å². The highest BCUT2D eigenvalue weighted by Gasteiger charge is 2.35. The van der Waals surface area contributed by atoms with Crippen molar-refractivity contribution in [2.24, 2.45) is 0 Å². The first-order valence-corrected chi connectivity index (χ1v) is 8.42. The third-order valence-electron chi connectivity index (χ3n) is 3.73. The van der Waals surface area contributed by atoms with Crippen LogP contribution < -0.4 is 14.8 Å². The van der Waals surface area contributed by atoms with Crippen molar-refractivity contribution in [2.75, 3.05) is 27.3 Å². The molecule has 2 rings (SSSR count). The molecule has 0 aliphatic carbocycles. The lowest BCUT2D eigenvalue weighted by atomic mass is 10.2. The Labute approximate surface area is 130 Å². The summed E-state index contributed by atoms with van der Waals surface area (Å²) in [5.41, 5.74) is 0. The number of nitrogens with zero attached hydrogens (tertiary/aromatic N) is 1. The van der Waals surface area contributed by atoms with Gasteiger partial charge in [-0.15, -0.1) is 0 Å². The zero-order valence-electron chi connectivity index (χ0n) is 13.1. The summed E-state index contributed by atoms with van der Waals surface area (Å²) in [5, 5.41) is 3.20. The van der Waals surface area contributed by atoms with Gasteiger partial charge in [-0.05, 0) is 13.8 Å². The summed E-state index contributed by atoms with van der Waals surface area (Å²) < 4.78 is 51.2. The van der Waals surface area contributed by atoms with Gasteiger partial charge in [-0.25, -0.2) is 12.8 Å². The molecule has 1 saturated heterocycles. The van der Waals surface area contributed by atoms with Crippen molar-refractivity contribution in [3.8, 4) is 11.5 Å². The molecule has 124 valence electrons. The van der Waals surface area contributed by atoms with Crippen molar-refractivity contribution in [1.29, 1.82) is 0 Å². The van der Waals surface area contributed by atoms with Crippen molar-refractivity contribution >= 4 is 10.0 Å². The first kappa shape index (κ1) is 17.0. The minimum absolute atomic E-state index is 0.00850. The van der Waals surface area contributed by atoms with Gasteiger partial charge >= 0.3 is 0 Å². The number of piperazine rings is 1. The van der Waals surface area contributed by atoms with E-state index >= 15 is 0 Å². The van der Waals surface area contributed by atoms with Crippen LogP contribution in [0.4, 0.5) is 4.39 Å². The van der Waals surface area contributed by atoms with Crippen molar-refractivity contribution < 1.29 is 22.3 Å². The predicted octanol–water partition coefficient (Wildman–Crippen LogP) is 1.21. The molecule has 0 amide bonds. The molecule has 2 atom stereocenters. The number of hydrogen-bond acceptors (Lipinski definition) is 5. The molecule has 1 N–H and O–H groups in total. The van der Waals surface area contributed by atoms with Crippen molar-refractivity contribution in [3.05, 3.63) is 17.9 Å². The maximum Gasteiger partial charge on any atom is 0.246 e. The maximum atomic E-state index is 14.3. The number of benzene rings is 1. The lowest BCUT2D eigenvalue weighted by Gasteiger charge is -2.36. The number of nitrogens with one attached hydrogen (secondary N) is 1. The van der Waals surface area contributed by atoms with Gasteiger partial charge in [0.05, 0.1) is 14.2 Å². The molecule has 2 unspecified atom stereocenters. The second-order valence-corrected chi connectivity index (χ2v) is 7.23. The molecular formula is C14H21FN2O4S. The van der Waals surface area contributed by atoms with Gasteiger partial charge in [-0.3, -0.25) is 0 Å². The van der Waals surface area contributed by atoms with Gasteiger partial charge in [0.1, 0.15) is 10.7 Å². The Morgan fingerprint density at radius 2 is 1.82 bits per heavy atom. The van der Waals surface area contributed by atoms with E-state index in [2.05, 4.69) is 5.32 Å². The van der Waals surface area contributed by atoms with Crippen LogP contribution in [0.2, 0.25) is 0 Å². The zero-order valence-corrected chi connectivity index (χ0v) is 13.9. The van der Waals surface area contributed by atoms with E-state index in [-0.39, 0.29) is 30.1 Å². The monoisotopic (exact) mass is 332 g/mol. The van der Waals surface area contributed by atoms with Crippen LogP contribution in [0.5, 0.6) is 11.5 Å². The van der Waals surface area contributed by atoms with E-state index in [1.165, 1.54) is 24.6 Å². The summed E-state index contributed by atoms with van der Waals surface area (Å²) in [4.78, 5) is -0.397. The van der Waals surface area contributed by atoms with Crippen LogP contribution in [0, 0.1) is 5.82 Å². The molecule has 0 bridgehead atoms. The van der Waals surface area contributed by atoms with Gasteiger partial charge in [-0.2, -0.15) is 4.31 Å². The highest BCUT2D eigenvalue weighted by molar-refractivity contribution is 7.89. The normalized spacial score (nSPS) is 23.3. The Balaban J connectivity index is 2.49. The Morgan fingerprint density at radius 3 is 2.41 bits per heavy atom. The van der Waals surface area contributed by atoms with Gasteiger partial charge in [0.25, 0.3) is 0 Å². The fraction of sp³-hybridized carbons (Fsp3) is 0.571. The third-order valence-corrected chi connectivity index (χ3v) is 5.73. The highest BCUT2D eigenvalue weighted by atomic mass is 32.2. The number of hydrogen-bond donors (Lipinski definition) is 1. The summed E-state index contributed by atoms with van der Waals surface area (Å²) in [5.74, 6) is -0.518. The van der Waals surface area contributed by atoms with Crippen molar-refractivity contribution in [1.82, 2.24) is 9.62 Å². The lowest BCUT2D eigenvalue weighted by Crippen LogP contribution is -2.56. The van der Waals surface area contributed by atoms with Gasteiger partial charge in [0.15, 0.2) is 11.5 Å². The van der Waals surface area contributed by atoms with E-state index in [1.54, 1.807) is 6.92 Å². The molecule has 8 heteroatoms. The largest absolute Gasteiger partial charge is 0.493 e. The molecule has 22 heavy (non-hydrogen) atoms. The predicted molar refractivity (Wildman–Crippen MR) is 80.3 cm³/mol. The number of sulfonamides is 1. The van der Waals surface area contributed by atoms with Crippen LogP contribution in [-0.4, -0.2) is 52.1 Å². The van der Waals surface area contributed by atoms with Crippen molar-refractivity contribution in [2.45, 2.75) is 30.8 Å². The van der Waals surface area contributed by atoms with Gasteiger partial charge < -0.3 is 14.8 Å². The zero-order chi connectivity index (χ0) is 16.5. The number of halogens is 1. The Hall–Kier alpha value is -1.38. The average molecular weight is 332 g/mol. The fourth-order valence-corrected chi connectivity index (χ4v) is 4.26. The Kier molecular flexibility index (Phi) is 4.93. The molecule has 1 heterocycles. The molecule has 0 spiro atoms. The molecule has 1 aromatic rings. The molecule has 6 nitrogen and oxygen atoms in total. The smallest absolute Gasteiger partial charge is 0.246 e. The van der Waals surface area contributed by atoms with Gasteiger partial charge in [0.2, 0.25) is 10.0 Å². The van der Waals surface area contributed by atoms with E-state index in [0.29, 0.717) is 6.54 Å². The van der Waals surface area contributed by atoms with Crippen LogP contribution in [0.3, 0.4) is 0 Å². The molecule has 0 radical (unpaired) electrons. The first-order valence-electron chi connectivity index (χ1n) is 6.98. The summed E-state index contributed by atoms with van der Waals surface area (Å²) in [6.45, 7) is 4.49.